The highest BCUT2D eigenvalue weighted by Crippen LogP contribution is 2.30. The predicted molar refractivity (Wildman–Crippen MR) is 340 cm³/mol. The number of hydrogen-bond acceptors (Lipinski definition) is 15. The molecule has 0 aromatic carbocycles. The molecule has 2 fully saturated rings. The van der Waals surface area contributed by atoms with E-state index in [1.54, 1.807) is 6.92 Å². The van der Waals surface area contributed by atoms with E-state index in [-0.39, 0.29) is 32.1 Å². The van der Waals surface area contributed by atoms with Gasteiger partial charge in [-0.25, -0.2) is 0 Å². The Balaban J connectivity index is 2.26. The van der Waals surface area contributed by atoms with Gasteiger partial charge in [0.1, 0.15) is 24.4 Å². The molecule has 2 heterocycles. The largest absolute Gasteiger partial charge is 0.460 e. The van der Waals surface area contributed by atoms with Crippen LogP contribution in [0, 0.1) is 0 Å². The molecule has 0 aliphatic carbocycles. The predicted octanol–water partition coefficient (Wildman–Crippen LogP) is 12.7. The minimum Gasteiger partial charge on any atom is -0.460 e. The molecule has 0 bridgehead atoms. The highest BCUT2D eigenvalue weighted by atomic mass is 16.7. The van der Waals surface area contributed by atoms with Crippen LogP contribution in [0.3, 0.4) is 0 Å². The van der Waals surface area contributed by atoms with Crippen LogP contribution in [0.2, 0.25) is 0 Å². The molecule has 2 saturated heterocycles. The van der Waals surface area contributed by atoms with E-state index in [1.807, 2.05) is 0 Å². The highest BCUT2D eigenvalue weighted by molar-refractivity contribution is 5.77. The summed E-state index contributed by atoms with van der Waals surface area (Å²) >= 11 is 0. The molecule has 17 nitrogen and oxygen atoms in total. The summed E-state index contributed by atoms with van der Waals surface area (Å²) in [5.41, 5.74) is 0. The van der Waals surface area contributed by atoms with Gasteiger partial charge in [0.05, 0.1) is 81.6 Å². The molecular weight excluding hydrogens is 1100 g/mol. The molecule has 0 saturated carbocycles. The normalized spacial score (nSPS) is 22.9. The van der Waals surface area contributed by atoms with Crippen LogP contribution in [-0.4, -0.2) is 147 Å². The summed E-state index contributed by atoms with van der Waals surface area (Å²) in [6.07, 6.45) is 28.4. The smallest absolute Gasteiger partial charge is 0.308 e. The molecule has 17 heteroatoms. The number of aliphatic hydroxyl groups is 6. The summed E-state index contributed by atoms with van der Waals surface area (Å²) in [7, 11) is 0. The maximum absolute atomic E-state index is 13.8. The highest BCUT2D eigenvalue weighted by Gasteiger charge is 2.49. The van der Waals surface area contributed by atoms with Crippen molar-refractivity contribution in [3.63, 3.8) is 0 Å². The summed E-state index contributed by atoms with van der Waals surface area (Å²) in [5, 5.41) is 72.2. The second kappa shape index (κ2) is 52.2. The number of amides is 2. The number of esters is 2. The van der Waals surface area contributed by atoms with Crippen LogP contribution in [0.5, 0.6) is 0 Å². The number of nitrogens with one attached hydrogen (secondary N) is 2. The number of aliphatic hydroxyl groups excluding tert-OH is 6. The Morgan fingerprint density at radius 3 is 1.14 bits per heavy atom. The lowest BCUT2D eigenvalue weighted by atomic mass is 9.92. The molecule has 8 N–H and O–H groups in total. The van der Waals surface area contributed by atoms with Gasteiger partial charge in [-0.3, -0.25) is 19.2 Å². The zero-order chi connectivity index (χ0) is 63.0. The Morgan fingerprint density at radius 2 is 0.779 bits per heavy atom. The molecule has 506 valence electrons. The Kier molecular flexibility index (Phi) is 48.3. The molecular formula is C69H130N2O15. The number of rotatable bonds is 56. The molecule has 0 aromatic heterocycles. The summed E-state index contributed by atoms with van der Waals surface area (Å²) in [6, 6.07) is -2.23. The van der Waals surface area contributed by atoms with Crippen LogP contribution in [-0.2, 0) is 42.9 Å². The third kappa shape index (κ3) is 38.9. The maximum atomic E-state index is 13.8. The molecule has 2 aliphatic rings. The second-order valence-corrected chi connectivity index (χ2v) is 25.8. The van der Waals surface area contributed by atoms with E-state index in [4.69, 9.17) is 23.7 Å². The minimum atomic E-state index is -1.61. The molecule has 86 heavy (non-hydrogen) atoms. The first-order chi connectivity index (χ1) is 41.6. The Morgan fingerprint density at radius 1 is 0.453 bits per heavy atom. The van der Waals surface area contributed by atoms with Crippen LogP contribution in [0.4, 0.5) is 0 Å². The van der Waals surface area contributed by atoms with Crippen LogP contribution in [0.25, 0.3) is 0 Å². The van der Waals surface area contributed by atoms with Gasteiger partial charge in [-0.15, -0.1) is 0 Å². The van der Waals surface area contributed by atoms with Gasteiger partial charge < -0.3 is 65.0 Å². The van der Waals surface area contributed by atoms with Crippen molar-refractivity contribution in [2.75, 3.05) is 13.2 Å². The fourth-order valence-electron chi connectivity index (χ4n) is 12.1. The van der Waals surface area contributed by atoms with Crippen molar-refractivity contribution < 1.29 is 73.5 Å². The van der Waals surface area contributed by atoms with Gasteiger partial charge >= 0.3 is 11.9 Å². The summed E-state index contributed by atoms with van der Waals surface area (Å²) in [6.45, 7) is 9.54. The number of hydrogen-bond donors (Lipinski definition) is 8. The quantitative estimate of drug-likeness (QED) is 0.0208. The lowest BCUT2D eigenvalue weighted by Crippen LogP contribution is -2.65. The fraction of sp³-hybridized carbons (Fsp3) is 0.942. The van der Waals surface area contributed by atoms with Crippen molar-refractivity contribution in [1.82, 2.24) is 10.6 Å². The third-order valence-electron chi connectivity index (χ3n) is 17.5. The Labute approximate surface area is 522 Å². The number of carbonyl (C=O) groups excluding carboxylic acids is 4. The first-order valence-corrected chi connectivity index (χ1v) is 35.6. The average Bonchev–Trinajstić information content (AvgIpc) is 1.54. The van der Waals surface area contributed by atoms with E-state index < -0.39 is 116 Å². The number of carbonyl (C=O) groups is 4. The number of unbranched alkanes of at least 4 members (excludes halogenated alkanes) is 32. The summed E-state index contributed by atoms with van der Waals surface area (Å²) in [4.78, 5) is 54.7. The van der Waals surface area contributed by atoms with Gasteiger partial charge in [0.25, 0.3) is 0 Å². The molecule has 2 aliphatic heterocycles. The van der Waals surface area contributed by atoms with E-state index in [0.717, 1.165) is 103 Å². The lowest BCUT2D eigenvalue weighted by molar-refractivity contribution is -0.265. The fourth-order valence-corrected chi connectivity index (χ4v) is 12.1. The molecule has 12 unspecified atom stereocenters. The van der Waals surface area contributed by atoms with Gasteiger partial charge in [0, 0.05) is 6.42 Å². The van der Waals surface area contributed by atoms with E-state index in [2.05, 4.69) is 38.3 Å². The first-order valence-electron chi connectivity index (χ1n) is 35.6. The zero-order valence-corrected chi connectivity index (χ0v) is 55.1. The van der Waals surface area contributed by atoms with Gasteiger partial charge in [-0.2, -0.15) is 0 Å². The van der Waals surface area contributed by atoms with Crippen LogP contribution in [0.15, 0.2) is 0 Å². The van der Waals surface area contributed by atoms with E-state index in [0.29, 0.717) is 25.7 Å². The topological polar surface area (TPSA) is 260 Å². The second-order valence-electron chi connectivity index (χ2n) is 25.8. The maximum Gasteiger partial charge on any atom is 0.308 e. The Hall–Kier alpha value is -2.48. The molecule has 2 rings (SSSR count). The van der Waals surface area contributed by atoms with E-state index in [1.165, 1.54) is 128 Å². The van der Waals surface area contributed by atoms with Crippen LogP contribution in [0.1, 0.15) is 324 Å². The number of ether oxygens (including phenoxy) is 5. The zero-order valence-electron chi connectivity index (χ0n) is 55.1. The average molecular weight is 1230 g/mol. The van der Waals surface area contributed by atoms with Gasteiger partial charge in [-0.05, 0) is 32.6 Å². The van der Waals surface area contributed by atoms with Crippen molar-refractivity contribution in [3.8, 4) is 0 Å². The van der Waals surface area contributed by atoms with E-state index >= 15 is 0 Å². The molecule has 0 radical (unpaired) electrons. The van der Waals surface area contributed by atoms with Crippen molar-refractivity contribution in [1.29, 1.82) is 0 Å². The van der Waals surface area contributed by atoms with Gasteiger partial charge in [0.2, 0.25) is 11.8 Å². The third-order valence-corrected chi connectivity index (χ3v) is 17.5. The molecule has 2 amide bonds. The summed E-state index contributed by atoms with van der Waals surface area (Å²) in [5.74, 6) is -2.53. The van der Waals surface area contributed by atoms with Crippen molar-refractivity contribution in [3.05, 3.63) is 0 Å². The minimum absolute atomic E-state index is 0.0275. The lowest BCUT2D eigenvalue weighted by Gasteiger charge is -2.45. The van der Waals surface area contributed by atoms with Crippen LogP contribution < -0.4 is 10.6 Å². The standard InChI is InChI=1S/C69H130N2O15/c1-6-10-14-18-22-26-30-34-38-42-54(73)46-61(77)70-65-53(5)83-60(67(81)68(65)86-64(80)49-57(76)45-41-37-33-29-25-21-17-13-9-4)52-82-69-66(71-62(78)47-55(74)43-39-35-31-27-23-19-15-11-7-2)59(50-58(51-72)84-69)85-63(79)48-56(75)44-40-36-32-28-24-20-16-12-8-3/h53-60,65-69,72-76,81H,6-52H2,1-5H3,(H,70,77)(H,71,78)/t53?,54?,55?,56?,57?,58?,59-,60?,65?,66?,67?,68?,69?/m0/s1. The van der Waals surface area contributed by atoms with Crippen molar-refractivity contribution >= 4 is 23.8 Å². The molecule has 0 aromatic rings. The van der Waals surface area contributed by atoms with E-state index in [9.17, 15) is 49.8 Å². The molecule has 0 spiro atoms. The van der Waals surface area contributed by atoms with Crippen molar-refractivity contribution in [2.45, 2.75) is 403 Å². The first kappa shape index (κ1) is 79.6. The molecule has 13 atom stereocenters. The van der Waals surface area contributed by atoms with Gasteiger partial charge in [0.15, 0.2) is 12.4 Å². The van der Waals surface area contributed by atoms with Crippen molar-refractivity contribution in [2.24, 2.45) is 0 Å². The SMILES string of the molecule is CCCCCCCCCCCC(O)CC(=O)NC1C(C)OC(COC2OC(CO)C[C@H](OC(=O)CC(O)CCCCCCCCCCC)C2NC(=O)CC(O)CCCCCCCCCCC)C(O)C1OC(=O)CC(O)CCCCCCCCCCC. The monoisotopic (exact) mass is 1230 g/mol. The summed E-state index contributed by atoms with van der Waals surface area (Å²) < 4.78 is 30.9. The van der Waals surface area contributed by atoms with Crippen LogP contribution >= 0.6 is 0 Å². The van der Waals surface area contributed by atoms with Gasteiger partial charge in [-0.1, -0.05) is 259 Å². The Bertz CT molecular complexity index is 1660.